The molecular weight excluding hydrogens is 193 g/mol. The lowest BCUT2D eigenvalue weighted by molar-refractivity contribution is 0.254. The monoisotopic (exact) mass is 203 g/mol. The van der Waals surface area contributed by atoms with Gasteiger partial charge >= 0.3 is 0 Å². The van der Waals surface area contributed by atoms with Crippen LogP contribution in [0.15, 0.2) is 23.1 Å². The molecule has 0 heterocycles. The summed E-state index contributed by atoms with van der Waals surface area (Å²) in [5.41, 5.74) is 5.65. The first-order valence-electron chi connectivity index (χ1n) is 3.57. The van der Waals surface area contributed by atoms with Gasteiger partial charge in [-0.15, -0.1) is 0 Å². The molecule has 0 fully saturated rings. The first-order chi connectivity index (χ1) is 6.15. The molecule has 72 valence electrons. The molecule has 0 spiro atoms. The molecule has 0 saturated carbocycles. The van der Waals surface area contributed by atoms with Crippen molar-refractivity contribution in [2.24, 2.45) is 0 Å². The predicted molar refractivity (Wildman–Crippen MR) is 49.1 cm³/mol. The largest absolute Gasteiger partial charge is 0.398 e. The van der Waals surface area contributed by atoms with Gasteiger partial charge < -0.3 is 10.5 Å². The topological polar surface area (TPSA) is 52.3 Å². The zero-order valence-electron chi connectivity index (χ0n) is 7.12. The first-order valence-corrected chi connectivity index (χ1v) is 4.89. The Kier molecular flexibility index (Phi) is 3.39. The number of nitrogens with two attached hydrogens (primary N) is 1. The third kappa shape index (κ3) is 2.50. The summed E-state index contributed by atoms with van der Waals surface area (Å²) in [5.74, 6) is -0.369. The second kappa shape index (κ2) is 4.34. The van der Waals surface area contributed by atoms with Crippen LogP contribution in [0, 0.1) is 5.82 Å². The lowest BCUT2D eigenvalue weighted by Gasteiger charge is -2.04. The van der Waals surface area contributed by atoms with Gasteiger partial charge in [-0.25, -0.2) is 4.39 Å². The quantitative estimate of drug-likeness (QED) is 0.749. The molecule has 0 amide bonds. The van der Waals surface area contributed by atoms with Gasteiger partial charge in [0.15, 0.2) is 0 Å². The summed E-state index contributed by atoms with van der Waals surface area (Å²) in [4.78, 5) is 0.406. The summed E-state index contributed by atoms with van der Waals surface area (Å²) in [6.07, 6.45) is 0. The molecule has 0 bridgehead atoms. The highest BCUT2D eigenvalue weighted by Gasteiger charge is 2.07. The van der Waals surface area contributed by atoms with Crippen LogP contribution in [0.25, 0.3) is 0 Å². The van der Waals surface area contributed by atoms with Gasteiger partial charge in [0.05, 0.1) is 21.4 Å². The molecule has 3 nitrogen and oxygen atoms in total. The van der Waals surface area contributed by atoms with E-state index in [0.717, 1.165) is 6.07 Å². The summed E-state index contributed by atoms with van der Waals surface area (Å²) in [6, 6.07) is 3.77. The SMILES string of the molecule is COCS(=O)c1ccc(F)cc1N. The van der Waals surface area contributed by atoms with Crippen molar-refractivity contribution >= 4 is 16.5 Å². The Morgan fingerprint density at radius 2 is 2.31 bits per heavy atom. The normalized spacial score (nSPS) is 12.8. The summed E-state index contributed by atoms with van der Waals surface area (Å²) in [5, 5.41) is 0. The molecule has 13 heavy (non-hydrogen) atoms. The molecule has 0 aliphatic rings. The van der Waals surface area contributed by atoms with Crippen molar-refractivity contribution in [3.8, 4) is 0 Å². The number of anilines is 1. The van der Waals surface area contributed by atoms with Crippen molar-refractivity contribution in [1.29, 1.82) is 0 Å². The van der Waals surface area contributed by atoms with Gasteiger partial charge in [0.2, 0.25) is 0 Å². The molecule has 1 atom stereocenters. The summed E-state index contributed by atoms with van der Waals surface area (Å²) < 4.78 is 28.6. The van der Waals surface area contributed by atoms with Crippen molar-refractivity contribution in [3.63, 3.8) is 0 Å². The number of benzene rings is 1. The average Bonchev–Trinajstić information content (AvgIpc) is 2.04. The fourth-order valence-corrected chi connectivity index (χ4v) is 1.78. The molecule has 0 aliphatic carbocycles. The van der Waals surface area contributed by atoms with E-state index in [9.17, 15) is 8.60 Å². The number of nitrogen functional groups attached to an aromatic ring is 1. The van der Waals surface area contributed by atoms with E-state index in [-0.39, 0.29) is 11.6 Å². The second-order valence-electron chi connectivity index (χ2n) is 2.43. The van der Waals surface area contributed by atoms with E-state index in [1.165, 1.54) is 19.2 Å². The fourth-order valence-electron chi connectivity index (χ4n) is 0.897. The molecule has 0 aliphatic heterocycles. The number of hydrogen-bond donors (Lipinski definition) is 1. The zero-order chi connectivity index (χ0) is 9.84. The Balaban J connectivity index is 2.95. The van der Waals surface area contributed by atoms with Crippen LogP contribution in [0.3, 0.4) is 0 Å². The number of hydrogen-bond acceptors (Lipinski definition) is 3. The van der Waals surface area contributed by atoms with E-state index in [1.807, 2.05) is 0 Å². The summed E-state index contributed by atoms with van der Waals surface area (Å²) >= 11 is 0. The lowest BCUT2D eigenvalue weighted by Crippen LogP contribution is -2.03. The molecule has 1 unspecified atom stereocenters. The highest BCUT2D eigenvalue weighted by atomic mass is 32.2. The number of methoxy groups -OCH3 is 1. The first kappa shape index (κ1) is 10.1. The molecule has 1 aromatic carbocycles. The molecule has 0 aromatic heterocycles. The van der Waals surface area contributed by atoms with E-state index in [4.69, 9.17) is 10.5 Å². The number of rotatable bonds is 3. The van der Waals surface area contributed by atoms with Gasteiger partial charge in [-0.05, 0) is 18.2 Å². The van der Waals surface area contributed by atoms with Crippen LogP contribution in [0.1, 0.15) is 0 Å². The maximum atomic E-state index is 12.6. The van der Waals surface area contributed by atoms with Crippen molar-refractivity contribution < 1.29 is 13.3 Å². The standard InChI is InChI=1S/C8H10FNO2S/c1-12-5-13(11)8-3-2-6(9)4-7(8)10/h2-4H,5,10H2,1H3. The highest BCUT2D eigenvalue weighted by Crippen LogP contribution is 2.17. The van der Waals surface area contributed by atoms with Crippen molar-refractivity contribution in [3.05, 3.63) is 24.0 Å². The fraction of sp³-hybridized carbons (Fsp3) is 0.250. The van der Waals surface area contributed by atoms with Crippen LogP contribution in [0.5, 0.6) is 0 Å². The second-order valence-corrected chi connectivity index (χ2v) is 3.80. The van der Waals surface area contributed by atoms with E-state index < -0.39 is 16.6 Å². The molecule has 5 heteroatoms. The van der Waals surface area contributed by atoms with E-state index in [2.05, 4.69) is 0 Å². The Morgan fingerprint density at radius 3 is 2.85 bits per heavy atom. The van der Waals surface area contributed by atoms with Gasteiger partial charge in [0, 0.05) is 7.11 Å². The number of ether oxygens (including phenoxy) is 1. The Bertz CT molecular complexity index is 330. The summed E-state index contributed by atoms with van der Waals surface area (Å²) in [6.45, 7) is 0. The van der Waals surface area contributed by atoms with Crippen LogP contribution in [-0.4, -0.2) is 17.3 Å². The molecule has 2 N–H and O–H groups in total. The Morgan fingerprint density at radius 1 is 1.62 bits per heavy atom. The number of halogens is 1. The van der Waals surface area contributed by atoms with E-state index >= 15 is 0 Å². The molecular formula is C8H10FNO2S. The van der Waals surface area contributed by atoms with Crippen LogP contribution in [0.4, 0.5) is 10.1 Å². The van der Waals surface area contributed by atoms with E-state index in [1.54, 1.807) is 0 Å². The van der Waals surface area contributed by atoms with Crippen molar-refractivity contribution in [2.75, 3.05) is 18.8 Å². The highest BCUT2D eigenvalue weighted by molar-refractivity contribution is 7.85. The minimum Gasteiger partial charge on any atom is -0.398 e. The Hall–Kier alpha value is -0.940. The molecule has 0 radical (unpaired) electrons. The van der Waals surface area contributed by atoms with Gasteiger partial charge in [-0.1, -0.05) is 0 Å². The maximum Gasteiger partial charge on any atom is 0.126 e. The predicted octanol–water partition coefficient (Wildman–Crippen LogP) is 1.12. The van der Waals surface area contributed by atoms with Crippen molar-refractivity contribution in [2.45, 2.75) is 4.90 Å². The molecule has 1 rings (SSSR count). The van der Waals surface area contributed by atoms with Crippen LogP contribution in [-0.2, 0) is 15.5 Å². The lowest BCUT2D eigenvalue weighted by atomic mass is 10.3. The van der Waals surface area contributed by atoms with Gasteiger partial charge in [-0.3, -0.25) is 4.21 Å². The molecule has 0 saturated heterocycles. The average molecular weight is 203 g/mol. The maximum absolute atomic E-state index is 12.6. The molecule has 1 aromatic rings. The summed E-state index contributed by atoms with van der Waals surface area (Å²) in [7, 11) is 0.125. The minimum atomic E-state index is -1.32. The van der Waals surface area contributed by atoms with Crippen molar-refractivity contribution in [1.82, 2.24) is 0 Å². The zero-order valence-corrected chi connectivity index (χ0v) is 7.94. The van der Waals surface area contributed by atoms with Crippen LogP contribution < -0.4 is 5.73 Å². The van der Waals surface area contributed by atoms with Gasteiger partial charge in [0.25, 0.3) is 0 Å². The van der Waals surface area contributed by atoms with Gasteiger partial charge in [-0.2, -0.15) is 0 Å². The smallest absolute Gasteiger partial charge is 0.126 e. The Labute approximate surface area is 78.2 Å². The van der Waals surface area contributed by atoms with Crippen LogP contribution >= 0.6 is 0 Å². The van der Waals surface area contributed by atoms with E-state index in [0.29, 0.717) is 4.90 Å². The minimum absolute atomic E-state index is 0.0653. The van der Waals surface area contributed by atoms with Gasteiger partial charge in [0.1, 0.15) is 11.8 Å². The third-order valence-corrected chi connectivity index (χ3v) is 2.75. The third-order valence-electron chi connectivity index (χ3n) is 1.44. The van der Waals surface area contributed by atoms with Crippen LogP contribution in [0.2, 0.25) is 0 Å².